The summed E-state index contributed by atoms with van der Waals surface area (Å²) in [4.78, 5) is 10.7. The Morgan fingerprint density at radius 1 is 1.32 bits per heavy atom. The second kappa shape index (κ2) is 6.15. The normalized spacial score (nSPS) is 10.6. The van der Waals surface area contributed by atoms with E-state index in [0.29, 0.717) is 5.56 Å². The molecule has 0 bridgehead atoms. The van der Waals surface area contributed by atoms with E-state index in [1.54, 1.807) is 16.8 Å². The Morgan fingerprint density at radius 3 is 2.63 bits per heavy atom. The van der Waals surface area contributed by atoms with Crippen molar-refractivity contribution in [2.75, 3.05) is 6.54 Å². The summed E-state index contributed by atoms with van der Waals surface area (Å²) in [6.07, 6.45) is 4.80. The van der Waals surface area contributed by atoms with E-state index >= 15 is 0 Å². The van der Waals surface area contributed by atoms with Crippen molar-refractivity contribution in [3.05, 3.63) is 53.3 Å². The molecule has 19 heavy (non-hydrogen) atoms. The highest BCUT2D eigenvalue weighted by Gasteiger charge is 2.01. The first-order valence-electron chi connectivity index (χ1n) is 6.15. The zero-order valence-corrected chi connectivity index (χ0v) is 10.8. The van der Waals surface area contributed by atoms with Crippen LogP contribution in [0.15, 0.2) is 36.7 Å². The van der Waals surface area contributed by atoms with Gasteiger partial charge in [-0.1, -0.05) is 12.1 Å². The van der Waals surface area contributed by atoms with Crippen LogP contribution in [0.1, 0.15) is 21.5 Å². The van der Waals surface area contributed by atoms with E-state index in [-0.39, 0.29) is 0 Å². The van der Waals surface area contributed by atoms with Gasteiger partial charge in [0.05, 0.1) is 11.8 Å². The van der Waals surface area contributed by atoms with E-state index in [0.717, 1.165) is 25.1 Å². The molecule has 0 saturated carbocycles. The Bertz CT molecular complexity index is 546. The number of benzene rings is 1. The maximum Gasteiger partial charge on any atom is 0.335 e. The first kappa shape index (κ1) is 13.3. The van der Waals surface area contributed by atoms with E-state index in [2.05, 4.69) is 10.4 Å². The molecule has 0 atom stereocenters. The van der Waals surface area contributed by atoms with Crippen molar-refractivity contribution in [1.29, 1.82) is 0 Å². The molecule has 0 unspecified atom stereocenters. The number of nitrogens with one attached hydrogen (secondary N) is 1. The molecule has 1 aromatic carbocycles. The van der Waals surface area contributed by atoms with Gasteiger partial charge < -0.3 is 10.4 Å². The molecule has 0 amide bonds. The van der Waals surface area contributed by atoms with E-state index < -0.39 is 5.97 Å². The van der Waals surface area contributed by atoms with Crippen molar-refractivity contribution in [2.45, 2.75) is 13.0 Å². The summed E-state index contributed by atoms with van der Waals surface area (Å²) >= 11 is 0. The summed E-state index contributed by atoms with van der Waals surface area (Å²) in [5, 5.41) is 16.2. The number of hydrogen-bond donors (Lipinski definition) is 2. The predicted octanol–water partition coefficient (Wildman–Crippen LogP) is 1.45. The van der Waals surface area contributed by atoms with E-state index in [1.807, 2.05) is 31.6 Å². The third-order valence-corrected chi connectivity index (χ3v) is 2.88. The fraction of sp³-hybridized carbons (Fsp3) is 0.286. The molecule has 2 N–H and O–H groups in total. The van der Waals surface area contributed by atoms with Crippen molar-refractivity contribution in [3.63, 3.8) is 0 Å². The van der Waals surface area contributed by atoms with Gasteiger partial charge in [0.15, 0.2) is 0 Å². The number of carboxylic acids is 1. The van der Waals surface area contributed by atoms with Gasteiger partial charge in [-0.2, -0.15) is 5.10 Å². The Balaban J connectivity index is 1.75. The largest absolute Gasteiger partial charge is 0.478 e. The SMILES string of the molecule is Cn1cc(CCNCc2ccc(C(=O)O)cc2)cn1. The van der Waals surface area contributed by atoms with Crippen molar-refractivity contribution in [3.8, 4) is 0 Å². The molecular formula is C14H17N3O2. The number of carbonyl (C=O) groups is 1. The monoisotopic (exact) mass is 259 g/mol. The molecule has 0 spiro atoms. The third kappa shape index (κ3) is 3.93. The lowest BCUT2D eigenvalue weighted by atomic mass is 10.1. The van der Waals surface area contributed by atoms with Crippen LogP contribution in [-0.4, -0.2) is 27.4 Å². The highest BCUT2D eigenvalue weighted by atomic mass is 16.4. The minimum atomic E-state index is -0.893. The second-order valence-electron chi connectivity index (χ2n) is 4.45. The molecule has 0 aliphatic carbocycles. The van der Waals surface area contributed by atoms with Gasteiger partial charge in [-0.15, -0.1) is 0 Å². The number of hydrogen-bond acceptors (Lipinski definition) is 3. The Kier molecular flexibility index (Phi) is 4.30. The highest BCUT2D eigenvalue weighted by Crippen LogP contribution is 2.04. The standard InChI is InChI=1S/C14H17N3O2/c1-17-10-12(9-16-17)6-7-15-8-11-2-4-13(5-3-11)14(18)19/h2-5,9-10,15H,6-8H2,1H3,(H,18,19). The number of carboxylic acid groups (broad SMARTS) is 1. The van der Waals surface area contributed by atoms with Gasteiger partial charge in [-0.3, -0.25) is 4.68 Å². The molecule has 0 fully saturated rings. The lowest BCUT2D eigenvalue weighted by Crippen LogP contribution is -2.16. The molecular weight excluding hydrogens is 242 g/mol. The van der Waals surface area contributed by atoms with Crippen LogP contribution in [0.2, 0.25) is 0 Å². The summed E-state index contributed by atoms with van der Waals surface area (Å²) in [6, 6.07) is 6.92. The van der Waals surface area contributed by atoms with Crippen LogP contribution in [0.4, 0.5) is 0 Å². The van der Waals surface area contributed by atoms with Crippen LogP contribution in [-0.2, 0) is 20.0 Å². The van der Waals surface area contributed by atoms with Gasteiger partial charge in [-0.05, 0) is 36.2 Å². The molecule has 2 rings (SSSR count). The summed E-state index contributed by atoms with van der Waals surface area (Å²) < 4.78 is 1.79. The average molecular weight is 259 g/mol. The van der Waals surface area contributed by atoms with E-state index in [4.69, 9.17) is 5.11 Å². The van der Waals surface area contributed by atoms with Gasteiger partial charge in [0.1, 0.15) is 0 Å². The van der Waals surface area contributed by atoms with Crippen molar-refractivity contribution < 1.29 is 9.90 Å². The smallest absolute Gasteiger partial charge is 0.335 e. The van der Waals surface area contributed by atoms with Gasteiger partial charge in [0, 0.05) is 19.8 Å². The van der Waals surface area contributed by atoms with Crippen LogP contribution >= 0.6 is 0 Å². The van der Waals surface area contributed by atoms with Gasteiger partial charge in [0.25, 0.3) is 0 Å². The Morgan fingerprint density at radius 2 is 2.05 bits per heavy atom. The fourth-order valence-corrected chi connectivity index (χ4v) is 1.83. The number of nitrogens with zero attached hydrogens (tertiary/aromatic N) is 2. The van der Waals surface area contributed by atoms with E-state index in [9.17, 15) is 4.79 Å². The van der Waals surface area contributed by atoms with Crippen LogP contribution in [0.5, 0.6) is 0 Å². The van der Waals surface area contributed by atoms with Crippen LogP contribution in [0, 0.1) is 0 Å². The lowest BCUT2D eigenvalue weighted by Gasteiger charge is -2.04. The zero-order valence-electron chi connectivity index (χ0n) is 10.8. The fourth-order valence-electron chi connectivity index (χ4n) is 1.83. The molecule has 5 heteroatoms. The molecule has 100 valence electrons. The lowest BCUT2D eigenvalue weighted by molar-refractivity contribution is 0.0697. The Hall–Kier alpha value is -2.14. The molecule has 5 nitrogen and oxygen atoms in total. The van der Waals surface area contributed by atoms with Crippen LogP contribution in [0.25, 0.3) is 0 Å². The van der Waals surface area contributed by atoms with Crippen LogP contribution in [0.3, 0.4) is 0 Å². The average Bonchev–Trinajstić information content (AvgIpc) is 2.81. The summed E-state index contributed by atoms with van der Waals surface area (Å²) in [6.45, 7) is 1.60. The molecule has 0 aliphatic heterocycles. The van der Waals surface area contributed by atoms with E-state index in [1.165, 1.54) is 5.56 Å². The van der Waals surface area contributed by atoms with Crippen molar-refractivity contribution in [1.82, 2.24) is 15.1 Å². The topological polar surface area (TPSA) is 67.2 Å². The van der Waals surface area contributed by atoms with Gasteiger partial charge in [0.2, 0.25) is 0 Å². The highest BCUT2D eigenvalue weighted by molar-refractivity contribution is 5.87. The summed E-state index contributed by atoms with van der Waals surface area (Å²) in [5.41, 5.74) is 2.60. The number of aromatic carboxylic acids is 1. The Labute approximate surface area is 111 Å². The van der Waals surface area contributed by atoms with Crippen molar-refractivity contribution >= 4 is 5.97 Å². The minimum Gasteiger partial charge on any atom is -0.478 e. The summed E-state index contributed by atoms with van der Waals surface area (Å²) in [5.74, 6) is -0.893. The molecule has 1 heterocycles. The molecule has 2 aromatic rings. The number of aryl methyl sites for hydroxylation is 1. The summed E-state index contributed by atoms with van der Waals surface area (Å²) in [7, 11) is 1.90. The van der Waals surface area contributed by atoms with Crippen molar-refractivity contribution in [2.24, 2.45) is 7.05 Å². The van der Waals surface area contributed by atoms with Gasteiger partial charge >= 0.3 is 5.97 Å². The molecule has 0 saturated heterocycles. The molecule has 0 radical (unpaired) electrons. The molecule has 1 aromatic heterocycles. The maximum atomic E-state index is 10.7. The molecule has 0 aliphatic rings. The second-order valence-corrected chi connectivity index (χ2v) is 4.45. The number of rotatable bonds is 6. The first-order chi connectivity index (χ1) is 9.15. The quantitative estimate of drug-likeness (QED) is 0.771. The predicted molar refractivity (Wildman–Crippen MR) is 72.0 cm³/mol. The van der Waals surface area contributed by atoms with Crippen LogP contribution < -0.4 is 5.32 Å². The third-order valence-electron chi connectivity index (χ3n) is 2.88. The minimum absolute atomic E-state index is 0.319. The first-order valence-corrected chi connectivity index (χ1v) is 6.15. The van der Waals surface area contributed by atoms with Gasteiger partial charge in [-0.25, -0.2) is 4.79 Å². The zero-order chi connectivity index (χ0) is 13.7. The number of aromatic nitrogens is 2. The maximum absolute atomic E-state index is 10.7.